The lowest BCUT2D eigenvalue weighted by Crippen LogP contribution is -2.35. The van der Waals surface area contributed by atoms with Crippen LogP contribution in [0.3, 0.4) is 0 Å². The minimum atomic E-state index is -0.170. The van der Waals surface area contributed by atoms with Gasteiger partial charge in [-0.05, 0) is 43.4 Å². The van der Waals surface area contributed by atoms with Crippen LogP contribution in [0.2, 0.25) is 0 Å². The van der Waals surface area contributed by atoms with Crippen molar-refractivity contribution in [1.82, 2.24) is 5.32 Å². The average Bonchev–Trinajstić information content (AvgIpc) is 2.50. The average molecular weight is 241 g/mol. The molecule has 0 bridgehead atoms. The van der Waals surface area contributed by atoms with Crippen LogP contribution in [0.25, 0.3) is 0 Å². The fourth-order valence-electron chi connectivity index (χ4n) is 2.82. The van der Waals surface area contributed by atoms with Crippen molar-refractivity contribution in [2.75, 3.05) is 6.54 Å². The Bertz CT molecular complexity index is 209. The van der Waals surface area contributed by atoms with Crippen molar-refractivity contribution in [3.05, 3.63) is 0 Å². The van der Waals surface area contributed by atoms with Gasteiger partial charge in [0.25, 0.3) is 0 Å². The Morgan fingerprint density at radius 2 is 1.88 bits per heavy atom. The van der Waals surface area contributed by atoms with Crippen LogP contribution in [-0.2, 0) is 0 Å². The minimum absolute atomic E-state index is 0.170. The number of rotatable bonds is 4. The van der Waals surface area contributed by atoms with E-state index in [9.17, 15) is 5.11 Å². The quantitative estimate of drug-likeness (QED) is 0.740. The van der Waals surface area contributed by atoms with Crippen LogP contribution in [0.1, 0.15) is 66.2 Å². The summed E-state index contributed by atoms with van der Waals surface area (Å²) in [5.41, 5.74) is 0.456. The summed E-state index contributed by atoms with van der Waals surface area (Å²) in [4.78, 5) is 0. The van der Waals surface area contributed by atoms with Gasteiger partial charge < -0.3 is 10.4 Å². The first-order valence-electron chi connectivity index (χ1n) is 7.35. The molecule has 0 aromatic rings. The molecule has 17 heavy (non-hydrogen) atoms. The molecule has 0 heterocycles. The van der Waals surface area contributed by atoms with Crippen molar-refractivity contribution >= 4 is 0 Å². The predicted molar refractivity (Wildman–Crippen MR) is 74.1 cm³/mol. The molecule has 0 amide bonds. The normalized spacial score (nSPS) is 28.8. The molecular formula is C15H31NO. The second kappa shape index (κ2) is 6.75. The highest BCUT2D eigenvalue weighted by atomic mass is 16.3. The molecule has 3 unspecified atom stereocenters. The van der Waals surface area contributed by atoms with Crippen molar-refractivity contribution in [3.8, 4) is 0 Å². The molecule has 1 rings (SSSR count). The molecule has 2 heteroatoms. The summed E-state index contributed by atoms with van der Waals surface area (Å²) in [6, 6.07) is 0.628. The molecule has 1 saturated carbocycles. The summed E-state index contributed by atoms with van der Waals surface area (Å²) in [6.45, 7) is 9.90. The predicted octanol–water partition coefficient (Wildman–Crippen LogP) is 3.34. The summed E-state index contributed by atoms with van der Waals surface area (Å²) in [6.07, 6.45) is 7.28. The zero-order chi connectivity index (χ0) is 12.9. The monoisotopic (exact) mass is 241 g/mol. The van der Waals surface area contributed by atoms with E-state index in [0.29, 0.717) is 11.5 Å². The molecule has 0 aliphatic heterocycles. The lowest BCUT2D eigenvalue weighted by atomic mass is 9.76. The lowest BCUT2D eigenvalue weighted by molar-refractivity contribution is 0.160. The highest BCUT2D eigenvalue weighted by Crippen LogP contribution is 2.36. The van der Waals surface area contributed by atoms with E-state index in [1.54, 1.807) is 0 Å². The Balaban J connectivity index is 2.32. The van der Waals surface area contributed by atoms with Gasteiger partial charge in [0.2, 0.25) is 0 Å². The molecule has 0 spiro atoms. The van der Waals surface area contributed by atoms with Crippen molar-refractivity contribution in [2.45, 2.75) is 78.4 Å². The van der Waals surface area contributed by atoms with E-state index >= 15 is 0 Å². The highest BCUT2D eigenvalue weighted by Gasteiger charge is 2.27. The van der Waals surface area contributed by atoms with E-state index in [2.05, 4.69) is 26.1 Å². The summed E-state index contributed by atoms with van der Waals surface area (Å²) in [7, 11) is 0. The minimum Gasteiger partial charge on any atom is -0.392 e. The Morgan fingerprint density at radius 1 is 1.18 bits per heavy atom. The van der Waals surface area contributed by atoms with Crippen LogP contribution < -0.4 is 5.32 Å². The molecular weight excluding hydrogens is 210 g/mol. The third-order valence-corrected chi connectivity index (χ3v) is 4.31. The molecule has 0 saturated heterocycles. The molecule has 0 aromatic carbocycles. The molecule has 2 nitrogen and oxygen atoms in total. The molecule has 1 fully saturated rings. The molecule has 1 aliphatic carbocycles. The van der Waals surface area contributed by atoms with Crippen LogP contribution in [0.5, 0.6) is 0 Å². The first-order valence-corrected chi connectivity index (χ1v) is 7.35. The number of aliphatic hydroxyl groups excluding tert-OH is 1. The first-order chi connectivity index (χ1) is 7.93. The first kappa shape index (κ1) is 15.0. The van der Waals surface area contributed by atoms with Gasteiger partial charge in [0.15, 0.2) is 0 Å². The topological polar surface area (TPSA) is 32.3 Å². The van der Waals surface area contributed by atoms with Crippen molar-refractivity contribution < 1.29 is 5.11 Å². The van der Waals surface area contributed by atoms with E-state index in [0.717, 1.165) is 18.9 Å². The lowest BCUT2D eigenvalue weighted by Gasteiger charge is -2.29. The molecule has 1 aliphatic rings. The smallest absolute Gasteiger partial charge is 0.0662 e. The Hall–Kier alpha value is -0.0800. The van der Waals surface area contributed by atoms with Gasteiger partial charge in [0.05, 0.1) is 6.10 Å². The standard InChI is InChI=1S/C15H31NO/c1-5-14(17)11-16-13-8-6-7-12(9-10-13)15(2,3)4/h12-14,16-17H,5-11H2,1-4H3. The third kappa shape index (κ3) is 5.39. The Labute approximate surface area is 107 Å². The maximum Gasteiger partial charge on any atom is 0.0662 e. The van der Waals surface area contributed by atoms with Crippen LogP contribution in [0.15, 0.2) is 0 Å². The van der Waals surface area contributed by atoms with Crippen LogP contribution >= 0.6 is 0 Å². The van der Waals surface area contributed by atoms with E-state index in [1.807, 2.05) is 6.92 Å². The van der Waals surface area contributed by atoms with Gasteiger partial charge >= 0.3 is 0 Å². The Kier molecular flexibility index (Phi) is 5.94. The van der Waals surface area contributed by atoms with Crippen LogP contribution in [0.4, 0.5) is 0 Å². The van der Waals surface area contributed by atoms with Crippen LogP contribution in [-0.4, -0.2) is 23.8 Å². The zero-order valence-corrected chi connectivity index (χ0v) is 12.1. The van der Waals surface area contributed by atoms with Gasteiger partial charge in [-0.2, -0.15) is 0 Å². The molecule has 0 radical (unpaired) electrons. The number of aliphatic hydroxyl groups is 1. The van der Waals surface area contributed by atoms with Crippen LogP contribution in [0, 0.1) is 11.3 Å². The third-order valence-electron chi connectivity index (χ3n) is 4.31. The maximum atomic E-state index is 9.58. The van der Waals surface area contributed by atoms with Gasteiger partial charge in [0, 0.05) is 12.6 Å². The summed E-state index contributed by atoms with van der Waals surface area (Å²) < 4.78 is 0. The number of hydrogen-bond acceptors (Lipinski definition) is 2. The van der Waals surface area contributed by atoms with Gasteiger partial charge in [-0.15, -0.1) is 0 Å². The summed E-state index contributed by atoms with van der Waals surface area (Å²) in [5, 5.41) is 13.1. The maximum absolute atomic E-state index is 9.58. The summed E-state index contributed by atoms with van der Waals surface area (Å²) >= 11 is 0. The fourth-order valence-corrected chi connectivity index (χ4v) is 2.82. The van der Waals surface area contributed by atoms with Crippen molar-refractivity contribution in [1.29, 1.82) is 0 Å². The Morgan fingerprint density at radius 3 is 2.47 bits per heavy atom. The van der Waals surface area contributed by atoms with E-state index in [-0.39, 0.29) is 6.10 Å². The van der Waals surface area contributed by atoms with E-state index in [1.165, 1.54) is 32.1 Å². The highest BCUT2D eigenvalue weighted by molar-refractivity contribution is 4.81. The van der Waals surface area contributed by atoms with Gasteiger partial charge in [-0.25, -0.2) is 0 Å². The second-order valence-corrected chi connectivity index (χ2v) is 6.74. The molecule has 2 N–H and O–H groups in total. The number of hydrogen-bond donors (Lipinski definition) is 2. The number of nitrogens with one attached hydrogen (secondary N) is 1. The largest absolute Gasteiger partial charge is 0.392 e. The fraction of sp³-hybridized carbons (Fsp3) is 1.00. The van der Waals surface area contributed by atoms with Gasteiger partial charge in [-0.3, -0.25) is 0 Å². The molecule has 102 valence electrons. The summed E-state index contributed by atoms with van der Waals surface area (Å²) in [5.74, 6) is 0.866. The zero-order valence-electron chi connectivity index (χ0n) is 12.1. The van der Waals surface area contributed by atoms with E-state index in [4.69, 9.17) is 0 Å². The van der Waals surface area contributed by atoms with Gasteiger partial charge in [-0.1, -0.05) is 34.1 Å². The van der Waals surface area contributed by atoms with Crippen molar-refractivity contribution in [3.63, 3.8) is 0 Å². The SMILES string of the molecule is CCC(O)CNC1CCCC(C(C)(C)C)CC1. The van der Waals surface area contributed by atoms with E-state index < -0.39 is 0 Å². The molecule has 0 aromatic heterocycles. The molecule has 3 atom stereocenters. The van der Waals surface area contributed by atoms with Gasteiger partial charge in [0.1, 0.15) is 0 Å². The van der Waals surface area contributed by atoms with Crippen molar-refractivity contribution in [2.24, 2.45) is 11.3 Å². The second-order valence-electron chi connectivity index (χ2n) is 6.74.